The fourth-order valence-electron chi connectivity index (χ4n) is 1.45. The van der Waals surface area contributed by atoms with Crippen LogP contribution in [0.3, 0.4) is 0 Å². The Labute approximate surface area is 111 Å². The smallest absolute Gasteiger partial charge is 0.254 e. The molecule has 0 fully saturated rings. The summed E-state index contributed by atoms with van der Waals surface area (Å²) in [6.07, 6.45) is 0. The fourth-order valence-corrected chi connectivity index (χ4v) is 2.58. The summed E-state index contributed by atoms with van der Waals surface area (Å²) < 4.78 is 5.91. The molecular weight excluding hydrogens is 304 g/mol. The van der Waals surface area contributed by atoms with E-state index in [0.29, 0.717) is 12.1 Å². The number of nitrogens with zero attached hydrogens (tertiary/aromatic N) is 2. The average molecular weight is 315 g/mol. The lowest BCUT2D eigenvalue weighted by Crippen LogP contribution is -2.25. The van der Waals surface area contributed by atoms with Crippen LogP contribution in [0.4, 0.5) is 0 Å². The van der Waals surface area contributed by atoms with Crippen molar-refractivity contribution < 1.29 is 9.32 Å². The van der Waals surface area contributed by atoms with Crippen molar-refractivity contribution in [1.29, 1.82) is 0 Å². The first-order chi connectivity index (χ1) is 8.06. The standard InChI is InChI=1S/C11H11BrN2O2S/c1-7-3-9(13-16-7)5-14(2)11(15)8-4-10(12)17-6-8/h3-4,6H,5H2,1-2H3. The molecule has 0 spiro atoms. The van der Waals surface area contributed by atoms with E-state index in [1.165, 1.54) is 11.3 Å². The normalized spacial score (nSPS) is 10.5. The minimum absolute atomic E-state index is 0.0207. The molecule has 0 aliphatic heterocycles. The van der Waals surface area contributed by atoms with Gasteiger partial charge >= 0.3 is 0 Å². The van der Waals surface area contributed by atoms with Crippen LogP contribution in [0.2, 0.25) is 0 Å². The van der Waals surface area contributed by atoms with Crippen molar-refractivity contribution in [3.63, 3.8) is 0 Å². The van der Waals surface area contributed by atoms with Crippen molar-refractivity contribution in [2.75, 3.05) is 7.05 Å². The minimum atomic E-state index is -0.0207. The Morgan fingerprint density at radius 2 is 2.35 bits per heavy atom. The van der Waals surface area contributed by atoms with Crippen LogP contribution in [0.1, 0.15) is 21.8 Å². The highest BCUT2D eigenvalue weighted by Gasteiger charge is 2.14. The second kappa shape index (κ2) is 5.01. The summed E-state index contributed by atoms with van der Waals surface area (Å²) in [4.78, 5) is 13.6. The van der Waals surface area contributed by atoms with E-state index in [1.807, 2.05) is 24.4 Å². The molecule has 1 amide bonds. The highest BCUT2D eigenvalue weighted by Crippen LogP contribution is 2.21. The summed E-state index contributed by atoms with van der Waals surface area (Å²) >= 11 is 4.84. The molecule has 2 rings (SSSR count). The van der Waals surface area contributed by atoms with Crippen molar-refractivity contribution in [3.8, 4) is 0 Å². The number of hydrogen-bond acceptors (Lipinski definition) is 4. The van der Waals surface area contributed by atoms with Gasteiger partial charge in [0, 0.05) is 18.5 Å². The predicted molar refractivity (Wildman–Crippen MR) is 69.1 cm³/mol. The number of carbonyl (C=O) groups is 1. The molecule has 2 heterocycles. The van der Waals surface area contributed by atoms with Gasteiger partial charge in [0.15, 0.2) is 0 Å². The topological polar surface area (TPSA) is 46.3 Å². The number of rotatable bonds is 3. The molecule has 0 aliphatic rings. The van der Waals surface area contributed by atoms with Gasteiger partial charge in [0.1, 0.15) is 11.5 Å². The fraction of sp³-hybridized carbons (Fsp3) is 0.273. The van der Waals surface area contributed by atoms with Gasteiger partial charge in [-0.3, -0.25) is 4.79 Å². The summed E-state index contributed by atoms with van der Waals surface area (Å²) in [6, 6.07) is 3.64. The first kappa shape index (κ1) is 12.3. The van der Waals surface area contributed by atoms with Gasteiger partial charge in [0.05, 0.1) is 15.9 Å². The molecule has 17 heavy (non-hydrogen) atoms. The van der Waals surface area contributed by atoms with Crippen molar-refractivity contribution in [3.05, 3.63) is 38.3 Å². The molecule has 4 nitrogen and oxygen atoms in total. The third-order valence-corrected chi connectivity index (χ3v) is 3.74. The number of hydrogen-bond donors (Lipinski definition) is 0. The monoisotopic (exact) mass is 314 g/mol. The van der Waals surface area contributed by atoms with E-state index in [1.54, 1.807) is 11.9 Å². The van der Waals surface area contributed by atoms with E-state index in [0.717, 1.165) is 15.2 Å². The van der Waals surface area contributed by atoms with Crippen molar-refractivity contribution in [2.45, 2.75) is 13.5 Å². The maximum Gasteiger partial charge on any atom is 0.254 e. The SMILES string of the molecule is Cc1cc(CN(C)C(=O)c2csc(Br)c2)no1. The van der Waals surface area contributed by atoms with Crippen LogP contribution in [0.15, 0.2) is 25.8 Å². The second-order valence-electron chi connectivity index (χ2n) is 3.73. The van der Waals surface area contributed by atoms with Gasteiger partial charge in [-0.1, -0.05) is 5.16 Å². The van der Waals surface area contributed by atoms with Crippen LogP contribution >= 0.6 is 27.3 Å². The third-order valence-electron chi connectivity index (χ3n) is 2.24. The van der Waals surface area contributed by atoms with Crippen LogP contribution < -0.4 is 0 Å². The van der Waals surface area contributed by atoms with Crippen LogP contribution in [0.5, 0.6) is 0 Å². The first-order valence-corrected chi connectivity index (χ1v) is 6.65. The molecule has 0 saturated carbocycles. The van der Waals surface area contributed by atoms with E-state index < -0.39 is 0 Å². The van der Waals surface area contributed by atoms with Gasteiger partial charge in [0.25, 0.3) is 5.91 Å². The van der Waals surface area contributed by atoms with Crippen molar-refractivity contribution in [2.24, 2.45) is 0 Å². The molecule has 0 aromatic carbocycles. The highest BCUT2D eigenvalue weighted by molar-refractivity contribution is 9.11. The summed E-state index contributed by atoms with van der Waals surface area (Å²) in [5.41, 5.74) is 1.44. The van der Waals surface area contributed by atoms with Crippen LogP contribution in [0.25, 0.3) is 0 Å². The van der Waals surface area contributed by atoms with E-state index in [-0.39, 0.29) is 5.91 Å². The van der Waals surface area contributed by atoms with Gasteiger partial charge in [-0.2, -0.15) is 0 Å². The number of aryl methyl sites for hydroxylation is 1. The van der Waals surface area contributed by atoms with Crippen LogP contribution in [0, 0.1) is 6.92 Å². The maximum absolute atomic E-state index is 12.0. The Kier molecular flexibility index (Phi) is 3.63. The van der Waals surface area contributed by atoms with Gasteiger partial charge in [-0.15, -0.1) is 11.3 Å². The molecule has 2 aromatic rings. The molecular formula is C11H11BrN2O2S. The lowest BCUT2D eigenvalue weighted by atomic mass is 10.3. The molecule has 0 unspecified atom stereocenters. The van der Waals surface area contributed by atoms with Crippen molar-refractivity contribution in [1.82, 2.24) is 10.1 Å². The summed E-state index contributed by atoms with van der Waals surface area (Å²) in [6.45, 7) is 2.28. The third kappa shape index (κ3) is 2.95. The van der Waals surface area contributed by atoms with Gasteiger partial charge in [-0.05, 0) is 28.9 Å². The molecule has 0 saturated heterocycles. The number of halogens is 1. The Morgan fingerprint density at radius 3 is 2.88 bits per heavy atom. The number of amides is 1. The molecule has 6 heteroatoms. The minimum Gasteiger partial charge on any atom is -0.361 e. The molecule has 2 aromatic heterocycles. The lowest BCUT2D eigenvalue weighted by molar-refractivity contribution is 0.0782. The Hall–Kier alpha value is -1.14. The van der Waals surface area contributed by atoms with E-state index >= 15 is 0 Å². The zero-order valence-corrected chi connectivity index (χ0v) is 11.8. The average Bonchev–Trinajstić information content (AvgIpc) is 2.87. The van der Waals surface area contributed by atoms with Crippen molar-refractivity contribution >= 4 is 33.2 Å². The lowest BCUT2D eigenvalue weighted by Gasteiger charge is -2.14. The predicted octanol–water partition coefficient (Wildman–Crippen LogP) is 3.08. The molecule has 0 radical (unpaired) electrons. The van der Waals surface area contributed by atoms with Crippen LogP contribution in [-0.2, 0) is 6.54 Å². The highest BCUT2D eigenvalue weighted by atomic mass is 79.9. The zero-order chi connectivity index (χ0) is 12.4. The van der Waals surface area contributed by atoms with E-state index in [4.69, 9.17) is 4.52 Å². The second-order valence-corrected chi connectivity index (χ2v) is 6.02. The number of thiophene rings is 1. The van der Waals surface area contributed by atoms with E-state index in [9.17, 15) is 4.79 Å². The molecule has 0 atom stereocenters. The van der Waals surface area contributed by atoms with Gasteiger partial charge < -0.3 is 9.42 Å². The molecule has 0 N–H and O–H groups in total. The zero-order valence-electron chi connectivity index (χ0n) is 9.44. The summed E-state index contributed by atoms with van der Waals surface area (Å²) in [5, 5.41) is 5.69. The molecule has 0 bridgehead atoms. The molecule has 90 valence electrons. The van der Waals surface area contributed by atoms with Gasteiger partial charge in [-0.25, -0.2) is 0 Å². The number of carbonyl (C=O) groups excluding carboxylic acids is 1. The summed E-state index contributed by atoms with van der Waals surface area (Å²) in [5.74, 6) is 0.728. The Morgan fingerprint density at radius 1 is 1.59 bits per heavy atom. The summed E-state index contributed by atoms with van der Waals surface area (Å²) in [7, 11) is 1.75. The van der Waals surface area contributed by atoms with Gasteiger partial charge in [0.2, 0.25) is 0 Å². The Balaban J connectivity index is 2.05. The Bertz CT molecular complexity index is 535. The molecule has 0 aliphatic carbocycles. The maximum atomic E-state index is 12.0. The van der Waals surface area contributed by atoms with E-state index in [2.05, 4.69) is 21.1 Å². The first-order valence-electron chi connectivity index (χ1n) is 4.98. The number of aromatic nitrogens is 1. The largest absolute Gasteiger partial charge is 0.361 e. The quantitative estimate of drug-likeness (QED) is 0.874. The van der Waals surface area contributed by atoms with Crippen LogP contribution in [-0.4, -0.2) is 23.0 Å².